The lowest BCUT2D eigenvalue weighted by molar-refractivity contribution is -0.142. The molecular weight excluding hydrogens is 1620 g/mol. The largest absolute Gasteiger partial charge is 0.508 e. The zero-order valence-corrected chi connectivity index (χ0v) is 68.9. The van der Waals surface area contributed by atoms with E-state index >= 15 is 14.4 Å². The summed E-state index contributed by atoms with van der Waals surface area (Å²) in [4.78, 5) is 219. The Morgan fingerprint density at radius 3 is 1.34 bits per heavy atom. The van der Waals surface area contributed by atoms with Crippen LogP contribution in [0.15, 0.2) is 146 Å². The van der Waals surface area contributed by atoms with Gasteiger partial charge in [-0.1, -0.05) is 143 Å². The van der Waals surface area contributed by atoms with Gasteiger partial charge < -0.3 is 123 Å². The molecular formula is C82H108N18O20S2. The first-order valence-corrected chi connectivity index (χ1v) is 42.1. The van der Waals surface area contributed by atoms with Crippen LogP contribution < -0.4 is 92.1 Å². The SMILES string of the molecule is C[C@@H](O)[C@@H]1NC(=O)C(Cc2ccccc2)NC(=O)[C@H]([C@@H](C)O)NC(=O)[C@H](CCCCN)NC(=O)C(Cc2c[nH]c3ccccc23)NC(=O)[C@H](Cc2ccccc2)NC(=O)C(Cc2ccccc2)NC(=O)[C@H](CC(N)=O)NC(=O)[C@H](CCCCN)NC(=O)[C@@H](NC(=O)CNC(=O)[C@@H](N)Cc2ccc(O)cc2)CSSC[C@@H](C(=O)O)NC(=O)C(CO)NC1=O. The van der Waals surface area contributed by atoms with Gasteiger partial charge in [-0.15, -0.1) is 0 Å². The maximum atomic E-state index is 15.4. The number of phenolic OH excluding ortho intramolecular Hbond substituents is 1. The second kappa shape index (κ2) is 49.6. The molecule has 40 heteroatoms. The van der Waals surface area contributed by atoms with E-state index in [1.807, 2.05) is 0 Å². The highest BCUT2D eigenvalue weighted by atomic mass is 33.1. The molecule has 1 aliphatic heterocycles. The summed E-state index contributed by atoms with van der Waals surface area (Å²) in [5, 5.41) is 86.2. The molecule has 38 nitrogen and oxygen atoms in total. The number of primary amides is 1. The van der Waals surface area contributed by atoms with Crippen molar-refractivity contribution in [2.45, 2.75) is 182 Å². The second-order valence-corrected chi connectivity index (χ2v) is 31.8. The number of nitrogens with two attached hydrogens (primary N) is 4. The van der Waals surface area contributed by atoms with Crippen molar-refractivity contribution < 1.29 is 97.5 Å². The molecule has 7 rings (SSSR count). The van der Waals surface area contributed by atoms with Gasteiger partial charge in [-0.05, 0) is 118 Å². The summed E-state index contributed by atoms with van der Waals surface area (Å²) in [6, 6.07) is 14.9. The third-order valence-corrected chi connectivity index (χ3v) is 22.0. The van der Waals surface area contributed by atoms with Gasteiger partial charge in [0.25, 0.3) is 0 Å². The molecule has 1 fully saturated rings. The lowest BCUT2D eigenvalue weighted by Crippen LogP contribution is -2.63. The zero-order chi connectivity index (χ0) is 89.0. The van der Waals surface area contributed by atoms with Crippen molar-refractivity contribution in [1.82, 2.24) is 74.1 Å². The molecule has 658 valence electrons. The maximum Gasteiger partial charge on any atom is 0.327 e. The average molecular weight is 1730 g/mol. The number of aromatic nitrogens is 1. The number of aliphatic hydroxyl groups is 3. The van der Waals surface area contributed by atoms with Crippen molar-refractivity contribution in [3.05, 3.63) is 174 Å². The number of unbranched alkanes of at least 4 members (excludes halogenated alkanes) is 2. The van der Waals surface area contributed by atoms with E-state index in [0.29, 0.717) is 55.9 Å². The minimum absolute atomic E-state index is 0.0363. The third-order valence-electron chi connectivity index (χ3n) is 19.6. The monoisotopic (exact) mass is 1730 g/mol. The Labute approximate surface area is 710 Å². The fourth-order valence-electron chi connectivity index (χ4n) is 12.9. The Bertz CT molecular complexity index is 4540. The quantitative estimate of drug-likeness (QED) is 0.0164. The first kappa shape index (κ1) is 97.1. The number of aromatic hydroxyl groups is 1. The number of amides is 14. The van der Waals surface area contributed by atoms with Crippen LogP contribution in [-0.4, -0.2) is 248 Å². The highest BCUT2D eigenvalue weighted by Gasteiger charge is 2.40. The molecule has 4 unspecified atom stereocenters. The number of aliphatic hydroxyl groups excluding tert-OH is 3. The van der Waals surface area contributed by atoms with Gasteiger partial charge in [0, 0.05) is 54.3 Å². The molecule has 15 atom stereocenters. The standard InChI is InChI=1S/C82H108N18O20S2/c1-45(102)68-80(117)96-60(37-49-22-10-5-11-23-49)77(114)100-69(46(2)103)81(118)97-63(42-101)78(115)98-65(82(119)120)44-122-121-43-64(89-67(106)41-88-70(107)54(85)34-50-28-30-52(104)31-29-50)79(116)91-56(26-14-16-32-83)71(108)95-62(39-66(86)105)76(113)93-58(35-47-18-6-3-7-19-47)73(110)92-59(36-48-20-8-4-9-21-48)74(111)94-61(38-51-40-87-55-25-13-12-24-53(51)55)75(112)90-57(72(109)99-68)27-15-17-33-84/h3-13,18-25,28-31,40,45-46,54,56-65,68-69,87,101-104H,14-17,26-27,32-39,41-44,83-85H2,1-2H3,(H2,86,105)(H,88,107)(H,89,106)(H,90,112)(H,91,116)(H,92,110)(H,93,113)(H,94,111)(H,95,108)(H,96,117)(H,97,118)(H,98,115)(H,99,109)(H,100,114)(H,119,120)/t45-,46-,54+,56+,57+,58?,59+,60?,61?,62+,63?,64+,65+,68+,69+/m1/s1. The number of H-pyrrole nitrogens is 1. The number of benzene rings is 5. The van der Waals surface area contributed by atoms with Crippen LogP contribution in [0.4, 0.5) is 0 Å². The molecule has 6 aromatic rings. The van der Waals surface area contributed by atoms with E-state index < -0.39 is 210 Å². The van der Waals surface area contributed by atoms with Gasteiger partial charge in [-0.2, -0.15) is 0 Å². The van der Waals surface area contributed by atoms with E-state index in [-0.39, 0.29) is 83.0 Å². The number of carboxylic acid groups (broad SMARTS) is 1. The number of phenols is 1. The van der Waals surface area contributed by atoms with Crippen LogP contribution in [0.1, 0.15) is 86.6 Å². The number of carbonyl (C=O) groups is 15. The number of fused-ring (bicyclic) bond motifs is 1. The summed E-state index contributed by atoms with van der Waals surface area (Å²) in [7, 11) is 1.46. The summed E-state index contributed by atoms with van der Waals surface area (Å²) in [6.45, 7) is 0.429. The van der Waals surface area contributed by atoms with Gasteiger partial charge in [-0.3, -0.25) is 67.1 Å². The van der Waals surface area contributed by atoms with Crippen LogP contribution in [0.5, 0.6) is 5.75 Å². The Hall–Kier alpha value is -12.0. The van der Waals surface area contributed by atoms with Gasteiger partial charge in [0.15, 0.2) is 0 Å². The van der Waals surface area contributed by atoms with Crippen molar-refractivity contribution in [2.75, 3.05) is 37.7 Å². The minimum Gasteiger partial charge on any atom is -0.508 e. The van der Waals surface area contributed by atoms with E-state index in [2.05, 4.69) is 74.1 Å². The van der Waals surface area contributed by atoms with E-state index in [4.69, 9.17) is 22.9 Å². The van der Waals surface area contributed by atoms with Crippen molar-refractivity contribution in [1.29, 1.82) is 0 Å². The molecule has 1 aliphatic rings. The fraction of sp³-hybridized carbons (Fsp3) is 0.427. The fourth-order valence-corrected chi connectivity index (χ4v) is 15.2. The van der Waals surface area contributed by atoms with Crippen LogP contribution in [-0.2, 0) is 104 Å². The van der Waals surface area contributed by atoms with Crippen LogP contribution in [0, 0.1) is 0 Å². The van der Waals surface area contributed by atoms with Gasteiger partial charge in [0.2, 0.25) is 82.7 Å². The Balaban J connectivity index is 1.30. The normalized spacial score (nSPS) is 23.0. The Morgan fingerprint density at radius 2 is 0.869 bits per heavy atom. The summed E-state index contributed by atoms with van der Waals surface area (Å²) in [5.74, 6) is -18.1. The maximum absolute atomic E-state index is 15.4. The van der Waals surface area contributed by atoms with Crippen molar-refractivity contribution in [3.8, 4) is 5.75 Å². The highest BCUT2D eigenvalue weighted by molar-refractivity contribution is 8.76. The number of hydrogen-bond acceptors (Lipinski definition) is 24. The molecule has 0 radical (unpaired) electrons. The lowest BCUT2D eigenvalue weighted by atomic mass is 10.00. The smallest absolute Gasteiger partial charge is 0.327 e. The number of aromatic amines is 1. The van der Waals surface area contributed by atoms with Gasteiger partial charge in [0.05, 0.1) is 37.8 Å². The number of nitrogens with one attached hydrogen (secondary N) is 14. The zero-order valence-electron chi connectivity index (χ0n) is 67.2. The summed E-state index contributed by atoms with van der Waals surface area (Å²) >= 11 is 0. The molecule has 27 N–H and O–H groups in total. The molecule has 5 aromatic carbocycles. The first-order valence-electron chi connectivity index (χ1n) is 39.6. The number of hydrogen-bond donors (Lipinski definition) is 23. The number of carboxylic acids is 1. The van der Waals surface area contributed by atoms with Crippen LogP contribution in [0.25, 0.3) is 10.9 Å². The predicted octanol–water partition coefficient (Wildman–Crippen LogP) is -3.99. The minimum atomic E-state index is -2.00. The molecule has 0 saturated carbocycles. The van der Waals surface area contributed by atoms with Crippen molar-refractivity contribution >= 4 is 121 Å². The summed E-state index contributed by atoms with van der Waals surface area (Å²) in [5.41, 5.74) is 26.7. The Morgan fingerprint density at radius 1 is 0.467 bits per heavy atom. The van der Waals surface area contributed by atoms with E-state index in [1.165, 1.54) is 24.3 Å². The third kappa shape index (κ3) is 31.5. The van der Waals surface area contributed by atoms with Crippen LogP contribution >= 0.6 is 21.6 Å². The first-order chi connectivity index (χ1) is 58.3. The topological polar surface area (TPSA) is 633 Å². The van der Waals surface area contributed by atoms with Gasteiger partial charge in [0.1, 0.15) is 78.3 Å². The predicted molar refractivity (Wildman–Crippen MR) is 451 cm³/mol. The van der Waals surface area contributed by atoms with Gasteiger partial charge >= 0.3 is 5.97 Å². The number of para-hydroxylation sites is 1. The average Bonchev–Trinajstić information content (AvgIpc) is 1.67. The number of aliphatic carboxylic acids is 1. The molecule has 1 saturated heterocycles. The van der Waals surface area contributed by atoms with E-state index in [9.17, 15) is 83.1 Å². The molecule has 0 bridgehead atoms. The van der Waals surface area contributed by atoms with Crippen LogP contribution in [0.2, 0.25) is 0 Å². The molecule has 1 aromatic heterocycles. The van der Waals surface area contributed by atoms with Gasteiger partial charge in [-0.25, -0.2) is 4.79 Å². The molecule has 14 amide bonds. The Kier molecular flexibility index (Phi) is 39.5. The van der Waals surface area contributed by atoms with Crippen molar-refractivity contribution in [2.24, 2.45) is 22.9 Å². The number of rotatable bonds is 28. The van der Waals surface area contributed by atoms with E-state index in [1.54, 1.807) is 121 Å². The highest BCUT2D eigenvalue weighted by Crippen LogP contribution is 2.25. The molecule has 0 spiro atoms. The second-order valence-electron chi connectivity index (χ2n) is 29.3. The number of carbonyl (C=O) groups excluding carboxylic acids is 14. The lowest BCUT2D eigenvalue weighted by Gasteiger charge is -2.29. The summed E-state index contributed by atoms with van der Waals surface area (Å²) in [6.07, 6.45) is -3.67. The molecule has 2 heterocycles. The van der Waals surface area contributed by atoms with Crippen LogP contribution in [0.3, 0.4) is 0 Å². The van der Waals surface area contributed by atoms with E-state index in [0.717, 1.165) is 24.6 Å². The summed E-state index contributed by atoms with van der Waals surface area (Å²) < 4.78 is 0. The molecule has 122 heavy (non-hydrogen) atoms. The molecule has 0 aliphatic carbocycles. The van der Waals surface area contributed by atoms with Crippen molar-refractivity contribution in [3.63, 3.8) is 0 Å².